The number of hydrogen-bond donors (Lipinski definition) is 1. The van der Waals surface area contributed by atoms with Gasteiger partial charge in [0.2, 0.25) is 5.79 Å². The van der Waals surface area contributed by atoms with Crippen LogP contribution >= 0.6 is 11.6 Å². The largest absolute Gasteiger partial charge is 0.494 e. The van der Waals surface area contributed by atoms with Gasteiger partial charge in [0.1, 0.15) is 30.2 Å². The molecule has 1 saturated heterocycles. The molecule has 1 heterocycles. The Morgan fingerprint density at radius 2 is 1.34 bits per heavy atom. The summed E-state index contributed by atoms with van der Waals surface area (Å²) in [6, 6.07) is 13.8. The molecule has 0 unspecified atom stereocenters. The minimum atomic E-state index is -2.26. The first-order chi connectivity index (χ1) is 21.5. The molecule has 1 N–H and O–H groups in total. The van der Waals surface area contributed by atoms with Crippen LogP contribution in [-0.4, -0.2) is 76.0 Å². The van der Waals surface area contributed by atoms with E-state index >= 15 is 0 Å². The predicted octanol–water partition coefficient (Wildman–Crippen LogP) is 9.17. The first-order valence-corrected chi connectivity index (χ1v) is 31.1. The number of hydrogen-bond acceptors (Lipinski definition) is 7. The van der Waals surface area contributed by atoms with Crippen molar-refractivity contribution in [3.63, 3.8) is 0 Å². The number of unbranched alkanes of at least 4 members (excludes halogenated alkanes) is 1. The molecule has 12 heteroatoms. The highest BCUT2D eigenvalue weighted by atomic mass is 35.5. The number of aliphatic hydroxyl groups is 1. The van der Waals surface area contributed by atoms with Gasteiger partial charge in [-0.15, -0.1) is 0 Å². The maximum atomic E-state index is 12.9. The van der Waals surface area contributed by atoms with Crippen LogP contribution in [0.2, 0.25) is 83.6 Å². The van der Waals surface area contributed by atoms with E-state index < -0.39 is 63.5 Å². The van der Waals surface area contributed by atoms with E-state index in [0.29, 0.717) is 23.6 Å². The zero-order valence-electron chi connectivity index (χ0n) is 31.2. The Kier molecular flexibility index (Phi) is 13.8. The van der Waals surface area contributed by atoms with Gasteiger partial charge in [-0.2, -0.15) is 0 Å². The number of ether oxygens (including phenoxy) is 2. The molecule has 0 aromatic heterocycles. The highest BCUT2D eigenvalue weighted by Crippen LogP contribution is 2.44. The van der Waals surface area contributed by atoms with Crippen LogP contribution in [0.25, 0.3) is 0 Å². The molecule has 0 spiro atoms. The summed E-state index contributed by atoms with van der Waals surface area (Å²) in [7, 11) is -8.48. The van der Waals surface area contributed by atoms with Gasteiger partial charge < -0.3 is 32.3 Å². The van der Waals surface area contributed by atoms with Gasteiger partial charge in [0.05, 0.1) is 13.2 Å². The van der Waals surface area contributed by atoms with Crippen LogP contribution in [0.5, 0.6) is 5.75 Å². The van der Waals surface area contributed by atoms with E-state index in [2.05, 4.69) is 97.6 Å². The fourth-order valence-electron chi connectivity index (χ4n) is 5.47. The van der Waals surface area contributed by atoms with Crippen molar-refractivity contribution in [2.75, 3.05) is 13.2 Å². The molecule has 1 aliphatic heterocycles. The molecule has 0 bridgehead atoms. The quantitative estimate of drug-likeness (QED) is 0.136. The molecule has 1 fully saturated rings. The molecule has 47 heavy (non-hydrogen) atoms. The summed E-state index contributed by atoms with van der Waals surface area (Å²) >= 11 is 6.81. The fraction of sp³-hybridized carbons (Fsp3) is 0.657. The predicted molar refractivity (Wildman–Crippen MR) is 204 cm³/mol. The molecule has 0 aliphatic carbocycles. The molecule has 2 aromatic carbocycles. The van der Waals surface area contributed by atoms with E-state index in [4.69, 9.17) is 38.8 Å². The van der Waals surface area contributed by atoms with Crippen molar-refractivity contribution in [1.29, 1.82) is 0 Å². The molecule has 0 saturated carbocycles. The Morgan fingerprint density at radius 3 is 1.87 bits per heavy atom. The van der Waals surface area contributed by atoms with Gasteiger partial charge in [-0.1, -0.05) is 43.1 Å². The molecule has 266 valence electrons. The maximum Gasteiger partial charge on any atom is 0.221 e. The van der Waals surface area contributed by atoms with E-state index in [1.165, 1.54) is 0 Å². The average molecular weight is 742 g/mol. The van der Waals surface area contributed by atoms with Gasteiger partial charge in [0, 0.05) is 10.6 Å². The summed E-state index contributed by atoms with van der Waals surface area (Å²) in [5, 5.41) is 13.5. The minimum absolute atomic E-state index is 0.283. The highest BCUT2D eigenvalue weighted by molar-refractivity contribution is 6.71. The smallest absolute Gasteiger partial charge is 0.221 e. The van der Waals surface area contributed by atoms with Crippen LogP contribution in [0.1, 0.15) is 36.5 Å². The maximum absolute atomic E-state index is 12.9. The Morgan fingerprint density at radius 1 is 0.766 bits per heavy atom. The lowest BCUT2D eigenvalue weighted by molar-refractivity contribution is -0.348. The fourth-order valence-corrected chi connectivity index (χ4v) is 9.55. The molecule has 1 aliphatic rings. The van der Waals surface area contributed by atoms with Gasteiger partial charge in [-0.25, -0.2) is 0 Å². The summed E-state index contributed by atoms with van der Waals surface area (Å²) in [6.07, 6.45) is 0.230. The molecular formula is C35H61ClO7Si4. The lowest BCUT2D eigenvalue weighted by atomic mass is 9.87. The summed E-state index contributed by atoms with van der Waals surface area (Å²) in [5.74, 6) is -0.985. The zero-order valence-corrected chi connectivity index (χ0v) is 35.9. The third-order valence-corrected chi connectivity index (χ3v) is 11.7. The topological polar surface area (TPSA) is 75.6 Å². The summed E-state index contributed by atoms with van der Waals surface area (Å²) in [6.45, 7) is 28.9. The van der Waals surface area contributed by atoms with E-state index in [0.717, 1.165) is 29.7 Å². The Hall–Kier alpha value is -0.842. The zero-order chi connectivity index (χ0) is 35.4. The Balaban J connectivity index is 2.12. The van der Waals surface area contributed by atoms with Gasteiger partial charge in [-0.3, -0.25) is 0 Å². The monoisotopic (exact) mass is 740 g/mol. The van der Waals surface area contributed by atoms with E-state index in [-0.39, 0.29) is 6.61 Å². The van der Waals surface area contributed by atoms with Crippen molar-refractivity contribution >= 4 is 44.9 Å². The van der Waals surface area contributed by atoms with Gasteiger partial charge in [0.15, 0.2) is 33.3 Å². The van der Waals surface area contributed by atoms with Crippen molar-refractivity contribution in [1.82, 2.24) is 0 Å². The van der Waals surface area contributed by atoms with Crippen LogP contribution in [0, 0.1) is 0 Å². The Bertz CT molecular complexity index is 1290. The molecule has 0 amide bonds. The molecule has 2 aromatic rings. The Labute approximate surface area is 294 Å². The molecule has 5 atom stereocenters. The normalized spacial score (nSPS) is 24.4. The van der Waals surface area contributed by atoms with Crippen LogP contribution in [0.3, 0.4) is 0 Å². The first kappa shape index (κ1) is 40.6. The number of halogens is 1. The summed E-state index contributed by atoms with van der Waals surface area (Å²) < 4.78 is 39.9. The van der Waals surface area contributed by atoms with Gasteiger partial charge >= 0.3 is 0 Å². The average Bonchev–Trinajstić information content (AvgIpc) is 2.91. The second kappa shape index (κ2) is 16.0. The van der Waals surface area contributed by atoms with Gasteiger partial charge in [-0.05, 0) is 127 Å². The summed E-state index contributed by atoms with van der Waals surface area (Å²) in [4.78, 5) is 0. The molecule has 7 nitrogen and oxygen atoms in total. The second-order valence-electron chi connectivity index (χ2n) is 16.6. The standard InChI is InChI=1S/C35H61ClO7Si4/c1-14-15-22-38-29-19-16-26(17-20-29)23-27-24-28(18-21-30(27)36)35(37)34(43-47(11,12)13)33(42-46(8,9)10)32(41-45(5,6)7)31(40-35)25-39-44(2,3)4/h16-21,24,31-34,37H,14-15,22-23,25H2,1-13H3/t31-,32-,33+,34-,35+/m1/s1. The first-order valence-electron chi connectivity index (χ1n) is 17.1. The van der Waals surface area contributed by atoms with Crippen LogP contribution in [0.15, 0.2) is 42.5 Å². The third kappa shape index (κ3) is 12.8. The summed E-state index contributed by atoms with van der Waals surface area (Å²) in [5.41, 5.74) is 2.54. The van der Waals surface area contributed by atoms with E-state index in [1.807, 2.05) is 30.3 Å². The highest BCUT2D eigenvalue weighted by Gasteiger charge is 2.59. The van der Waals surface area contributed by atoms with Crippen LogP contribution in [0.4, 0.5) is 0 Å². The number of rotatable bonds is 16. The third-order valence-electron chi connectivity index (χ3n) is 7.39. The number of benzene rings is 2. The van der Waals surface area contributed by atoms with E-state index in [1.54, 1.807) is 0 Å². The van der Waals surface area contributed by atoms with Crippen molar-refractivity contribution in [3.05, 3.63) is 64.2 Å². The lowest BCUT2D eigenvalue weighted by Crippen LogP contribution is -2.69. The van der Waals surface area contributed by atoms with Crippen LogP contribution < -0.4 is 4.74 Å². The lowest BCUT2D eigenvalue weighted by Gasteiger charge is -2.54. The van der Waals surface area contributed by atoms with Gasteiger partial charge in [0.25, 0.3) is 0 Å². The van der Waals surface area contributed by atoms with Crippen molar-refractivity contribution in [3.8, 4) is 5.75 Å². The van der Waals surface area contributed by atoms with E-state index in [9.17, 15) is 5.11 Å². The minimum Gasteiger partial charge on any atom is -0.494 e. The van der Waals surface area contributed by atoms with Crippen molar-refractivity contribution < 1.29 is 32.3 Å². The SMILES string of the molecule is CCCCOc1ccc(Cc2cc([C@]3(O)O[C@H](CO[Si](C)(C)C)[C@@H](O[Si](C)(C)C)[C@H](O[Si](C)(C)C)[C@H]3O[Si](C)(C)C)ccc2Cl)cc1. The molecular weight excluding hydrogens is 680 g/mol. The van der Waals surface area contributed by atoms with Crippen molar-refractivity contribution in [2.24, 2.45) is 0 Å². The second-order valence-corrected chi connectivity index (χ2v) is 34.9. The molecule has 0 radical (unpaired) electrons. The van der Waals surface area contributed by atoms with Crippen LogP contribution in [-0.2, 0) is 34.6 Å². The molecule has 3 rings (SSSR count). The van der Waals surface area contributed by atoms with Crippen molar-refractivity contribution in [2.45, 2.75) is 135 Å².